The Bertz CT molecular complexity index is 627. The van der Waals surface area contributed by atoms with Crippen LogP contribution in [0.25, 0.3) is 0 Å². The average molecular weight is 305 g/mol. The van der Waals surface area contributed by atoms with Crippen LogP contribution in [0.3, 0.4) is 0 Å². The van der Waals surface area contributed by atoms with E-state index >= 15 is 0 Å². The third kappa shape index (κ3) is 3.19. The number of hydrogen-bond acceptors (Lipinski definition) is 4. The van der Waals surface area contributed by atoms with Gasteiger partial charge in [-0.3, -0.25) is 14.4 Å². The number of ether oxygens (including phenoxy) is 1. The molecule has 0 bridgehead atoms. The summed E-state index contributed by atoms with van der Waals surface area (Å²) in [6.07, 6.45) is 2.67. The quantitative estimate of drug-likeness (QED) is 0.805. The predicted molar refractivity (Wildman–Crippen MR) is 78.2 cm³/mol. The Balaban J connectivity index is 1.55. The van der Waals surface area contributed by atoms with Crippen molar-refractivity contribution in [2.75, 3.05) is 19.7 Å². The highest BCUT2D eigenvalue weighted by atomic mass is 16.5. The molecule has 3 rings (SSSR count). The first-order chi connectivity index (χ1) is 10.6. The molecule has 0 saturated carbocycles. The first-order valence-electron chi connectivity index (χ1n) is 7.48. The second kappa shape index (κ2) is 6.31. The number of aryl methyl sites for hydroxylation is 1. The average Bonchev–Trinajstić information content (AvgIpc) is 2.53. The fourth-order valence-corrected chi connectivity index (χ4v) is 2.95. The molecule has 118 valence electrons. The van der Waals surface area contributed by atoms with E-state index in [0.29, 0.717) is 19.6 Å². The number of carbonyl (C=O) groups is 2. The van der Waals surface area contributed by atoms with Crippen LogP contribution in [-0.4, -0.2) is 53.1 Å². The van der Waals surface area contributed by atoms with Crippen LogP contribution in [-0.2, 0) is 20.9 Å². The highest BCUT2D eigenvalue weighted by Crippen LogP contribution is 2.18. The second-order valence-corrected chi connectivity index (χ2v) is 5.63. The number of carbonyl (C=O) groups excluding carboxylic acids is 2. The zero-order chi connectivity index (χ0) is 15.5. The number of piperidine rings is 1. The van der Waals surface area contributed by atoms with E-state index in [-0.39, 0.29) is 42.5 Å². The van der Waals surface area contributed by atoms with Crippen LogP contribution in [0, 0.1) is 0 Å². The third-order valence-corrected chi connectivity index (χ3v) is 4.14. The minimum Gasteiger partial charge on any atom is -0.366 e. The van der Waals surface area contributed by atoms with E-state index < -0.39 is 0 Å². The van der Waals surface area contributed by atoms with Gasteiger partial charge in [0.2, 0.25) is 11.8 Å². The molecule has 0 aromatic carbocycles. The minimum atomic E-state index is -0.133. The Labute approximate surface area is 127 Å². The monoisotopic (exact) mass is 305 g/mol. The maximum absolute atomic E-state index is 12.3. The molecule has 0 radical (unpaired) electrons. The van der Waals surface area contributed by atoms with Crippen molar-refractivity contribution >= 4 is 11.8 Å². The molecule has 7 nitrogen and oxygen atoms in total. The van der Waals surface area contributed by atoms with Crippen molar-refractivity contribution in [1.29, 1.82) is 0 Å². The van der Waals surface area contributed by atoms with Gasteiger partial charge in [-0.25, -0.2) is 0 Å². The molecule has 0 unspecified atom stereocenters. The van der Waals surface area contributed by atoms with E-state index in [1.165, 1.54) is 10.6 Å². The van der Waals surface area contributed by atoms with E-state index in [1.807, 2.05) is 0 Å². The number of nitrogens with one attached hydrogen (secondary N) is 1. The molecule has 7 heteroatoms. The lowest BCUT2D eigenvalue weighted by Gasteiger charge is -2.41. The zero-order valence-corrected chi connectivity index (χ0v) is 12.2. The van der Waals surface area contributed by atoms with E-state index in [4.69, 9.17) is 4.74 Å². The van der Waals surface area contributed by atoms with Gasteiger partial charge in [-0.05, 0) is 12.5 Å². The Morgan fingerprint density at radius 2 is 2.23 bits per heavy atom. The molecule has 2 fully saturated rings. The Morgan fingerprint density at radius 3 is 3.05 bits per heavy atom. The zero-order valence-electron chi connectivity index (χ0n) is 12.2. The van der Waals surface area contributed by atoms with Crippen molar-refractivity contribution in [2.24, 2.45) is 0 Å². The fourth-order valence-electron chi connectivity index (χ4n) is 2.95. The highest BCUT2D eigenvalue weighted by Gasteiger charge is 2.35. The molecule has 22 heavy (non-hydrogen) atoms. The summed E-state index contributed by atoms with van der Waals surface area (Å²) in [4.78, 5) is 37.0. The topological polar surface area (TPSA) is 80.6 Å². The summed E-state index contributed by atoms with van der Waals surface area (Å²) in [5.74, 6) is -0.139. The summed E-state index contributed by atoms with van der Waals surface area (Å²) in [5.41, 5.74) is -0.109. The third-order valence-electron chi connectivity index (χ3n) is 4.14. The maximum atomic E-state index is 12.3. The number of pyridine rings is 1. The van der Waals surface area contributed by atoms with Crippen molar-refractivity contribution in [3.05, 3.63) is 34.7 Å². The number of amides is 2. The minimum absolute atomic E-state index is 0.00140. The SMILES string of the molecule is O=C1CO[C@@H]2CCN(C(=O)CCn3ccccc3=O)C[C@@H]2N1. The van der Waals surface area contributed by atoms with Crippen LogP contribution in [0.5, 0.6) is 0 Å². The Morgan fingerprint density at radius 1 is 1.36 bits per heavy atom. The Hall–Kier alpha value is -2.15. The van der Waals surface area contributed by atoms with Crippen molar-refractivity contribution in [3.63, 3.8) is 0 Å². The van der Waals surface area contributed by atoms with E-state index in [1.54, 1.807) is 23.2 Å². The van der Waals surface area contributed by atoms with Gasteiger partial charge >= 0.3 is 0 Å². The first-order valence-corrected chi connectivity index (χ1v) is 7.48. The van der Waals surface area contributed by atoms with Crippen molar-refractivity contribution in [2.45, 2.75) is 31.5 Å². The van der Waals surface area contributed by atoms with Gasteiger partial charge < -0.3 is 19.5 Å². The summed E-state index contributed by atoms with van der Waals surface area (Å²) >= 11 is 0. The molecular formula is C15H19N3O4. The molecule has 2 aliphatic heterocycles. The van der Waals surface area contributed by atoms with Gasteiger partial charge in [0.1, 0.15) is 6.61 Å². The van der Waals surface area contributed by atoms with Crippen LogP contribution < -0.4 is 10.9 Å². The largest absolute Gasteiger partial charge is 0.366 e. The molecule has 2 aliphatic rings. The molecule has 2 atom stereocenters. The number of rotatable bonds is 3. The van der Waals surface area contributed by atoms with Gasteiger partial charge in [0.25, 0.3) is 5.56 Å². The summed E-state index contributed by atoms with van der Waals surface area (Å²) < 4.78 is 7.00. The van der Waals surface area contributed by atoms with Crippen LogP contribution in [0.4, 0.5) is 0 Å². The van der Waals surface area contributed by atoms with Gasteiger partial charge in [0, 0.05) is 38.3 Å². The standard InChI is InChI=1S/C15H19N3O4/c19-13-10-22-12-4-7-18(9-11(12)16-13)15(21)5-8-17-6-2-1-3-14(17)20/h1-3,6,11-12H,4-5,7-10H2,(H,16,19)/t11-,12+/m0/s1. The van der Waals surface area contributed by atoms with Crippen LogP contribution in [0.15, 0.2) is 29.2 Å². The molecule has 3 heterocycles. The molecular weight excluding hydrogens is 286 g/mol. The fraction of sp³-hybridized carbons (Fsp3) is 0.533. The number of fused-ring (bicyclic) bond motifs is 1. The summed E-state index contributed by atoms with van der Waals surface area (Å²) in [6.45, 7) is 1.57. The van der Waals surface area contributed by atoms with Crippen molar-refractivity contribution < 1.29 is 14.3 Å². The summed E-state index contributed by atoms with van der Waals surface area (Å²) in [6, 6.07) is 4.80. The molecule has 1 aromatic heterocycles. The van der Waals surface area contributed by atoms with Gasteiger partial charge in [-0.2, -0.15) is 0 Å². The predicted octanol–water partition coefficient (Wildman–Crippen LogP) is -0.646. The molecule has 0 spiro atoms. The van der Waals surface area contributed by atoms with Gasteiger partial charge in [0.05, 0.1) is 12.1 Å². The van der Waals surface area contributed by atoms with E-state index in [0.717, 1.165) is 6.42 Å². The number of aromatic nitrogens is 1. The summed E-state index contributed by atoms with van der Waals surface area (Å²) in [7, 11) is 0. The van der Waals surface area contributed by atoms with Crippen molar-refractivity contribution in [3.8, 4) is 0 Å². The number of nitrogens with zero attached hydrogens (tertiary/aromatic N) is 2. The van der Waals surface area contributed by atoms with Crippen molar-refractivity contribution in [1.82, 2.24) is 14.8 Å². The molecule has 1 N–H and O–H groups in total. The number of likely N-dealkylation sites (tertiary alicyclic amines) is 1. The lowest BCUT2D eigenvalue weighted by atomic mass is 10.0. The lowest BCUT2D eigenvalue weighted by Crippen LogP contribution is -2.61. The van der Waals surface area contributed by atoms with Crippen LogP contribution in [0.2, 0.25) is 0 Å². The number of morpholine rings is 1. The summed E-state index contributed by atoms with van der Waals surface area (Å²) in [5, 5.41) is 2.87. The molecule has 1 aromatic rings. The number of hydrogen-bond donors (Lipinski definition) is 1. The smallest absolute Gasteiger partial charge is 0.250 e. The molecule has 0 aliphatic carbocycles. The van der Waals surface area contributed by atoms with Crippen LogP contribution in [0.1, 0.15) is 12.8 Å². The molecule has 2 saturated heterocycles. The van der Waals surface area contributed by atoms with Gasteiger partial charge in [-0.1, -0.05) is 6.07 Å². The normalized spacial score (nSPS) is 24.5. The van der Waals surface area contributed by atoms with Crippen LogP contribution >= 0.6 is 0 Å². The van der Waals surface area contributed by atoms with Gasteiger partial charge in [0.15, 0.2) is 0 Å². The lowest BCUT2D eigenvalue weighted by molar-refractivity contribution is -0.146. The van der Waals surface area contributed by atoms with E-state index in [9.17, 15) is 14.4 Å². The second-order valence-electron chi connectivity index (χ2n) is 5.63. The highest BCUT2D eigenvalue weighted by molar-refractivity contribution is 5.79. The maximum Gasteiger partial charge on any atom is 0.250 e. The van der Waals surface area contributed by atoms with Gasteiger partial charge in [-0.15, -0.1) is 0 Å². The first kappa shape index (κ1) is 14.8. The molecule has 2 amide bonds. The Kier molecular flexibility index (Phi) is 4.24. The van der Waals surface area contributed by atoms with E-state index in [2.05, 4.69) is 5.32 Å².